The second kappa shape index (κ2) is 9.57. The molecule has 0 radical (unpaired) electrons. The van der Waals surface area contributed by atoms with Crippen molar-refractivity contribution < 1.29 is 13.2 Å². The highest BCUT2D eigenvalue weighted by Gasteiger charge is 2.30. The maximum Gasteiger partial charge on any atom is 0.244 e. The van der Waals surface area contributed by atoms with Gasteiger partial charge in [0.25, 0.3) is 0 Å². The minimum absolute atomic E-state index is 0.0421. The average molecular weight is 456 g/mol. The van der Waals surface area contributed by atoms with Crippen LogP contribution in [0.25, 0.3) is 0 Å². The lowest BCUT2D eigenvalue weighted by molar-refractivity contribution is -0.122. The third kappa shape index (κ3) is 5.79. The molecule has 1 fully saturated rings. The summed E-state index contributed by atoms with van der Waals surface area (Å²) in [5.41, 5.74) is 1.12. The van der Waals surface area contributed by atoms with E-state index in [1.54, 1.807) is 6.07 Å². The summed E-state index contributed by atoms with van der Waals surface area (Å²) >= 11 is 7.37. The van der Waals surface area contributed by atoms with Crippen molar-refractivity contribution in [2.75, 3.05) is 39.3 Å². The van der Waals surface area contributed by atoms with Crippen molar-refractivity contribution in [3.8, 4) is 0 Å². The van der Waals surface area contributed by atoms with Crippen LogP contribution in [-0.4, -0.2) is 62.8 Å². The van der Waals surface area contributed by atoms with Crippen LogP contribution in [0.5, 0.6) is 0 Å². The number of aryl methyl sites for hydroxylation is 2. The first kappa shape index (κ1) is 22.2. The molecule has 1 aromatic carbocycles. The van der Waals surface area contributed by atoms with Crippen molar-refractivity contribution in [1.82, 2.24) is 14.5 Å². The Kier molecular flexibility index (Phi) is 7.34. The molecule has 0 aliphatic carbocycles. The molecule has 1 N–H and O–H groups in total. The van der Waals surface area contributed by atoms with Gasteiger partial charge in [0, 0.05) is 47.5 Å². The Morgan fingerprint density at radius 3 is 2.38 bits per heavy atom. The van der Waals surface area contributed by atoms with Crippen molar-refractivity contribution in [3.05, 3.63) is 50.7 Å². The molecule has 0 saturated carbocycles. The van der Waals surface area contributed by atoms with Crippen LogP contribution in [0.4, 0.5) is 0 Å². The molecule has 1 aliphatic heterocycles. The van der Waals surface area contributed by atoms with E-state index in [2.05, 4.69) is 5.32 Å². The molecule has 9 heteroatoms. The molecule has 29 heavy (non-hydrogen) atoms. The third-order valence-corrected chi connectivity index (χ3v) is 8.33. The number of sulfonamides is 1. The second-order valence-corrected chi connectivity index (χ2v) is 11.0. The molecule has 1 amide bonds. The number of nitrogens with one attached hydrogen (secondary N) is 1. The molecule has 0 spiro atoms. The molecule has 0 bridgehead atoms. The summed E-state index contributed by atoms with van der Waals surface area (Å²) < 4.78 is 27.3. The van der Waals surface area contributed by atoms with Gasteiger partial charge in [-0.1, -0.05) is 23.7 Å². The number of halogens is 1. The lowest BCUT2D eigenvalue weighted by atomic mass is 10.1. The molecule has 0 atom stereocenters. The van der Waals surface area contributed by atoms with Crippen molar-refractivity contribution in [2.24, 2.45) is 0 Å². The van der Waals surface area contributed by atoms with Gasteiger partial charge in [0.1, 0.15) is 0 Å². The smallest absolute Gasteiger partial charge is 0.244 e. The standard InChI is InChI=1S/C20H26ClN3O3S2/c1-15-13-19(16(2)28-15)29(26,27)24-11-9-23(10-12-24)14-20(25)22-8-7-17-3-5-18(21)6-4-17/h3-6,13H,7-12,14H2,1-2H3,(H,22,25). The lowest BCUT2D eigenvalue weighted by Crippen LogP contribution is -2.51. The molecule has 2 aromatic rings. The number of hydrogen-bond acceptors (Lipinski definition) is 5. The van der Waals surface area contributed by atoms with Crippen molar-refractivity contribution in [2.45, 2.75) is 25.2 Å². The average Bonchev–Trinajstić information content (AvgIpc) is 3.03. The fraction of sp³-hybridized carbons (Fsp3) is 0.450. The summed E-state index contributed by atoms with van der Waals surface area (Å²) in [5.74, 6) is -0.0421. The summed E-state index contributed by atoms with van der Waals surface area (Å²) in [7, 11) is -3.46. The molecular weight excluding hydrogens is 430 g/mol. The van der Waals surface area contributed by atoms with Crippen LogP contribution in [0.2, 0.25) is 5.02 Å². The quantitative estimate of drug-likeness (QED) is 0.696. The van der Waals surface area contributed by atoms with E-state index in [0.29, 0.717) is 42.6 Å². The highest BCUT2D eigenvalue weighted by atomic mass is 35.5. The highest BCUT2D eigenvalue weighted by molar-refractivity contribution is 7.89. The number of piperazine rings is 1. The first-order valence-corrected chi connectivity index (χ1v) is 12.2. The zero-order valence-corrected chi connectivity index (χ0v) is 19.0. The molecule has 2 heterocycles. The number of amides is 1. The number of thiophene rings is 1. The van der Waals surface area contributed by atoms with E-state index in [1.807, 2.05) is 43.0 Å². The van der Waals surface area contributed by atoms with E-state index in [4.69, 9.17) is 11.6 Å². The van der Waals surface area contributed by atoms with Gasteiger partial charge < -0.3 is 5.32 Å². The van der Waals surface area contributed by atoms with Crippen molar-refractivity contribution in [3.63, 3.8) is 0 Å². The Morgan fingerprint density at radius 1 is 1.14 bits per heavy atom. The van der Waals surface area contributed by atoms with Gasteiger partial charge in [0.2, 0.25) is 15.9 Å². The number of carbonyl (C=O) groups is 1. The number of rotatable bonds is 7. The first-order chi connectivity index (χ1) is 13.8. The predicted octanol–water partition coefficient (Wildman–Crippen LogP) is 2.68. The van der Waals surface area contributed by atoms with Gasteiger partial charge in [0.05, 0.1) is 11.4 Å². The van der Waals surface area contributed by atoms with Crippen LogP contribution < -0.4 is 5.32 Å². The minimum atomic E-state index is -3.46. The highest BCUT2D eigenvalue weighted by Crippen LogP contribution is 2.28. The van der Waals surface area contributed by atoms with Crippen LogP contribution in [0.1, 0.15) is 15.3 Å². The van der Waals surface area contributed by atoms with Gasteiger partial charge >= 0.3 is 0 Å². The summed E-state index contributed by atoms with van der Waals surface area (Å²) in [5, 5.41) is 3.62. The third-order valence-electron chi connectivity index (χ3n) is 4.96. The van der Waals surface area contributed by atoms with E-state index in [0.717, 1.165) is 21.7 Å². The maximum atomic E-state index is 12.9. The Hall–Kier alpha value is -1.45. The number of hydrogen-bond donors (Lipinski definition) is 1. The molecule has 0 unspecified atom stereocenters. The molecule has 6 nitrogen and oxygen atoms in total. The van der Waals surface area contributed by atoms with E-state index in [1.165, 1.54) is 15.6 Å². The van der Waals surface area contributed by atoms with Gasteiger partial charge in [-0.25, -0.2) is 8.42 Å². The molecular formula is C20H26ClN3O3S2. The van der Waals surface area contributed by atoms with Gasteiger partial charge in [-0.3, -0.25) is 9.69 Å². The Labute approximate surface area is 181 Å². The second-order valence-electron chi connectivity index (χ2n) is 7.18. The van der Waals surface area contributed by atoms with E-state index in [-0.39, 0.29) is 12.5 Å². The van der Waals surface area contributed by atoms with Crippen LogP contribution >= 0.6 is 22.9 Å². The van der Waals surface area contributed by atoms with E-state index < -0.39 is 10.0 Å². The van der Waals surface area contributed by atoms with Gasteiger partial charge in [-0.05, 0) is 44.0 Å². The normalized spacial score (nSPS) is 16.1. The summed E-state index contributed by atoms with van der Waals surface area (Å²) in [6, 6.07) is 9.32. The zero-order chi connectivity index (χ0) is 21.0. The van der Waals surface area contributed by atoms with Crippen LogP contribution in [0.15, 0.2) is 35.2 Å². The largest absolute Gasteiger partial charge is 0.355 e. The monoisotopic (exact) mass is 455 g/mol. The fourth-order valence-corrected chi connectivity index (χ4v) is 6.46. The summed E-state index contributed by atoms with van der Waals surface area (Å²) in [4.78, 5) is 16.4. The predicted molar refractivity (Wildman–Crippen MR) is 117 cm³/mol. The van der Waals surface area contributed by atoms with Gasteiger partial charge in [-0.2, -0.15) is 4.31 Å². The SMILES string of the molecule is Cc1cc(S(=O)(=O)N2CCN(CC(=O)NCCc3ccc(Cl)cc3)CC2)c(C)s1. The minimum Gasteiger partial charge on any atom is -0.355 e. The van der Waals surface area contributed by atoms with E-state index >= 15 is 0 Å². The van der Waals surface area contributed by atoms with Gasteiger partial charge in [0.15, 0.2) is 0 Å². The maximum absolute atomic E-state index is 12.9. The Bertz CT molecular complexity index is 950. The van der Waals surface area contributed by atoms with Gasteiger partial charge in [-0.15, -0.1) is 11.3 Å². The zero-order valence-electron chi connectivity index (χ0n) is 16.7. The number of benzene rings is 1. The van der Waals surface area contributed by atoms with Crippen LogP contribution in [0, 0.1) is 13.8 Å². The van der Waals surface area contributed by atoms with Crippen molar-refractivity contribution >= 4 is 38.9 Å². The molecule has 158 valence electrons. The molecule has 1 saturated heterocycles. The summed E-state index contributed by atoms with van der Waals surface area (Å²) in [6.45, 7) is 6.49. The summed E-state index contributed by atoms with van der Waals surface area (Å²) in [6.07, 6.45) is 0.744. The topological polar surface area (TPSA) is 69.7 Å². The molecule has 1 aromatic heterocycles. The number of nitrogens with zero attached hydrogens (tertiary/aromatic N) is 2. The fourth-order valence-electron chi connectivity index (χ4n) is 3.39. The van der Waals surface area contributed by atoms with Crippen LogP contribution in [0.3, 0.4) is 0 Å². The van der Waals surface area contributed by atoms with Crippen molar-refractivity contribution in [1.29, 1.82) is 0 Å². The van der Waals surface area contributed by atoms with E-state index in [9.17, 15) is 13.2 Å². The first-order valence-electron chi connectivity index (χ1n) is 9.56. The lowest BCUT2D eigenvalue weighted by Gasteiger charge is -2.33. The Balaban J connectivity index is 1.44. The Morgan fingerprint density at radius 2 is 1.79 bits per heavy atom. The van der Waals surface area contributed by atoms with Crippen LogP contribution in [-0.2, 0) is 21.2 Å². The number of carbonyl (C=O) groups excluding carboxylic acids is 1. The molecule has 1 aliphatic rings. The molecule has 3 rings (SSSR count).